The minimum Gasteiger partial charge on any atom is -0.496 e. The molecular weight excluding hydrogens is 971 g/mol. The second kappa shape index (κ2) is 20.8. The zero-order valence-electron chi connectivity index (χ0n) is 47.0. The molecule has 7 N–H and O–H groups in total. The molecule has 10 rings (SSSR count). The van der Waals surface area contributed by atoms with Crippen LogP contribution in [-0.4, -0.2) is 136 Å². The first-order valence-corrected chi connectivity index (χ1v) is 27.9. The third kappa shape index (κ3) is 9.03. The number of fused-ring (bicyclic) bond motifs is 6. The average Bonchev–Trinajstić information content (AvgIpc) is 3.53. The molecule has 1 spiro atoms. The lowest BCUT2D eigenvalue weighted by Crippen LogP contribution is -2.81. The molecule has 2 bridgehead atoms. The lowest BCUT2D eigenvalue weighted by molar-refractivity contribution is -0.201. The smallest absolute Gasteiger partial charge is 0.328 e. The van der Waals surface area contributed by atoms with E-state index in [-0.39, 0.29) is 17.4 Å². The summed E-state index contributed by atoms with van der Waals surface area (Å²) in [4.78, 5) is 49.8. The number of rotatable bonds is 11. The van der Waals surface area contributed by atoms with Crippen LogP contribution in [0.1, 0.15) is 122 Å². The summed E-state index contributed by atoms with van der Waals surface area (Å²) in [5, 5.41) is 46.6. The van der Waals surface area contributed by atoms with Crippen molar-refractivity contribution in [2.45, 2.75) is 146 Å². The Morgan fingerprint density at radius 2 is 1.70 bits per heavy atom. The van der Waals surface area contributed by atoms with Crippen LogP contribution in [0, 0.1) is 16.7 Å². The molecule has 1 aromatic heterocycles. The molecule has 2 saturated heterocycles. The van der Waals surface area contributed by atoms with Gasteiger partial charge in [0.05, 0.1) is 25.9 Å². The quantitative estimate of drug-likeness (QED) is 0.0465. The number of nitrogens with zero attached hydrogens (tertiary/aromatic N) is 3. The third-order valence-corrected chi connectivity index (χ3v) is 19.4. The number of nitrogens with two attached hydrogens (primary N) is 1. The number of hydrogen-bond acceptors (Lipinski definition) is 11. The van der Waals surface area contributed by atoms with Crippen molar-refractivity contribution in [2.75, 3.05) is 58.9 Å². The Labute approximate surface area is 455 Å². The number of methoxy groups -OCH3 is 2. The second-order valence-corrected chi connectivity index (χ2v) is 24.3. The molecule has 14 heteroatoms. The van der Waals surface area contributed by atoms with Gasteiger partial charge >= 0.3 is 11.9 Å². The van der Waals surface area contributed by atoms with Crippen LogP contribution in [0.25, 0.3) is 10.9 Å². The third-order valence-electron chi connectivity index (χ3n) is 19.4. The van der Waals surface area contributed by atoms with Gasteiger partial charge in [-0.3, -0.25) is 19.4 Å². The number of likely N-dealkylation sites (N-methyl/N-ethyl adjacent to an activating group) is 1. The Hall–Kier alpha value is -5.77. The Bertz CT molecular complexity index is 3020. The summed E-state index contributed by atoms with van der Waals surface area (Å²) in [6.07, 6.45) is 20.8. The first-order chi connectivity index (χ1) is 36.5. The van der Waals surface area contributed by atoms with Crippen molar-refractivity contribution in [3.8, 4) is 5.75 Å². The summed E-state index contributed by atoms with van der Waals surface area (Å²) in [6.45, 7) is 18.1. The zero-order chi connectivity index (χ0) is 55.6. The number of carbonyl (C=O) groups excluding carboxylic acids is 2. The predicted octanol–water partition coefficient (Wildman–Crippen LogP) is 8.34. The van der Waals surface area contributed by atoms with Crippen LogP contribution in [0.2, 0.25) is 0 Å². The molecule has 10 atom stereocenters. The van der Waals surface area contributed by atoms with Crippen LogP contribution in [0.15, 0.2) is 107 Å². The SMILES string of the molecule is CC1=C(/C=C/C(C)=C/C=C/C(C)=C/C(=O)O)C(C)(C)CCC1.CC[C@]1(O)C[C@H]2C[N@](CCc3c([nH]c4ccccc34)[C@@](C(=O)OC)(c3cc4c(cc3OC)N(C)[C@H]3[C@@](O)(C(N)=O)[C@H](O)[C@]5(CC)C=CCN6CC[C@]43[C@@H]65)C2)C1. The summed E-state index contributed by atoms with van der Waals surface area (Å²) < 4.78 is 12.2. The molecule has 14 nitrogen and oxygen atoms in total. The summed E-state index contributed by atoms with van der Waals surface area (Å²) in [5.41, 5.74) is 9.82. The van der Waals surface area contributed by atoms with E-state index in [1.54, 1.807) is 20.1 Å². The number of aliphatic hydroxyl groups excluding tert-OH is 1. The lowest BCUT2D eigenvalue weighted by atomic mass is 9.47. The van der Waals surface area contributed by atoms with Gasteiger partial charge in [-0.15, -0.1) is 0 Å². The van der Waals surface area contributed by atoms with Gasteiger partial charge in [-0.25, -0.2) is 4.79 Å². The Balaban J connectivity index is 0.000000277. The number of H-pyrrole nitrogens is 1. The largest absolute Gasteiger partial charge is 0.496 e. The van der Waals surface area contributed by atoms with Crippen molar-refractivity contribution in [1.82, 2.24) is 14.8 Å². The molecule has 1 saturated carbocycles. The van der Waals surface area contributed by atoms with Gasteiger partial charge in [0.2, 0.25) is 0 Å². The number of aliphatic carboxylic acids is 1. The van der Waals surface area contributed by atoms with Crippen LogP contribution < -0.4 is 15.4 Å². The van der Waals surface area contributed by atoms with E-state index >= 15 is 4.79 Å². The van der Waals surface area contributed by atoms with E-state index in [2.05, 4.69) is 66.8 Å². The maximum Gasteiger partial charge on any atom is 0.328 e. The number of ether oxygens (including phenoxy) is 2. The number of aliphatic hydroxyl groups is 3. The van der Waals surface area contributed by atoms with Gasteiger partial charge in [-0.1, -0.05) is 99.6 Å². The zero-order valence-corrected chi connectivity index (χ0v) is 47.0. The van der Waals surface area contributed by atoms with E-state index in [0.717, 1.165) is 57.6 Å². The van der Waals surface area contributed by atoms with Gasteiger partial charge in [0.1, 0.15) is 17.3 Å². The van der Waals surface area contributed by atoms with Gasteiger partial charge < -0.3 is 45.5 Å². The van der Waals surface area contributed by atoms with Crippen LogP contribution in [0.5, 0.6) is 5.75 Å². The van der Waals surface area contributed by atoms with Crippen molar-refractivity contribution in [1.29, 1.82) is 0 Å². The number of piperidine rings is 1. The Morgan fingerprint density at radius 3 is 2.38 bits per heavy atom. The summed E-state index contributed by atoms with van der Waals surface area (Å²) in [7, 11) is 4.89. The number of para-hydroxylation sites is 1. The monoisotopic (exact) mass is 1050 g/mol. The van der Waals surface area contributed by atoms with Gasteiger partial charge in [0.25, 0.3) is 5.91 Å². The molecule has 2 aliphatic carbocycles. The van der Waals surface area contributed by atoms with Gasteiger partial charge in [-0.2, -0.15) is 0 Å². The number of primary amides is 1. The summed E-state index contributed by atoms with van der Waals surface area (Å²) >= 11 is 0. The fourth-order valence-electron chi connectivity index (χ4n) is 15.9. The van der Waals surface area contributed by atoms with Crippen LogP contribution in [-0.2, 0) is 36.4 Å². The number of hydrogen-bond donors (Lipinski definition) is 6. The van der Waals surface area contributed by atoms with Gasteiger partial charge in [0, 0.05) is 90.1 Å². The van der Waals surface area contributed by atoms with Gasteiger partial charge in [0.15, 0.2) is 5.60 Å². The predicted molar refractivity (Wildman–Crippen MR) is 302 cm³/mol. The van der Waals surface area contributed by atoms with Crippen LogP contribution in [0.3, 0.4) is 0 Å². The number of aromatic amines is 1. The standard InChI is InChI=1S/C43H55N5O7.C20H28O2/c1-6-39(52)21-25-22-42(38(51)55-5,33-27(13-17-47(23-25)24-39)26-11-8-9-12-30(26)45-33)29-19-28-31(20-32(29)54-4)46(3)35-41(28)15-18-48-16-10-14-40(7-2,34(41)48)36(49)43(35,53)37(44)50;1-15(8-6-9-16(2)14-19(21)22)11-12-18-17(3)10-7-13-20(18,4)5/h8-12,14,19-20,25,34-36,45,49,52-53H,6-7,13,15-18,21-24H2,1-5H3,(H2,44,50);6,8-9,11-12,14H,7,10,13H2,1-5H3,(H,21,22)/b;9-6+,12-11+,15-8+,16-14+/t25-,34+,35-,36-,39+,40-,41-,42+,43+;/m1./s1. The maximum absolute atomic E-state index is 15.2. The average molecular weight is 1050 g/mol. The Morgan fingerprint density at radius 1 is 0.948 bits per heavy atom. The number of aromatic nitrogens is 1. The molecule has 77 heavy (non-hydrogen) atoms. The van der Waals surface area contributed by atoms with Crippen molar-refractivity contribution >= 4 is 34.4 Å². The Kier molecular flexibility index (Phi) is 15.1. The number of carboxylic acids is 1. The molecule has 5 aliphatic heterocycles. The molecule has 2 aromatic carbocycles. The first-order valence-electron chi connectivity index (χ1n) is 27.9. The minimum atomic E-state index is -2.30. The minimum absolute atomic E-state index is 0.0790. The fourth-order valence-corrected chi connectivity index (χ4v) is 15.9. The molecule has 6 heterocycles. The number of carboxylic acid groups (broad SMARTS) is 1. The van der Waals surface area contributed by atoms with Crippen LogP contribution in [0.4, 0.5) is 5.69 Å². The molecule has 0 radical (unpaired) electrons. The molecule has 7 aliphatic rings. The second-order valence-electron chi connectivity index (χ2n) is 24.3. The highest BCUT2D eigenvalue weighted by Crippen LogP contribution is 2.67. The summed E-state index contributed by atoms with van der Waals surface area (Å²) in [6, 6.07) is 11.0. The lowest BCUT2D eigenvalue weighted by Gasteiger charge is -2.63. The number of amides is 1. The van der Waals surface area contributed by atoms with E-state index in [9.17, 15) is 24.9 Å². The van der Waals surface area contributed by atoms with Gasteiger partial charge in [-0.05, 0) is 131 Å². The number of anilines is 1. The van der Waals surface area contributed by atoms with Crippen molar-refractivity contribution < 1.29 is 44.3 Å². The number of esters is 1. The highest BCUT2D eigenvalue weighted by atomic mass is 16.5. The van der Waals surface area contributed by atoms with E-state index in [1.165, 1.54) is 43.6 Å². The molecule has 414 valence electrons. The molecule has 3 aromatic rings. The van der Waals surface area contributed by atoms with E-state index in [4.69, 9.17) is 20.3 Å². The van der Waals surface area contributed by atoms with E-state index in [1.807, 2.05) is 74.4 Å². The topological polar surface area (TPSA) is 202 Å². The van der Waals surface area contributed by atoms with E-state index < -0.39 is 57.4 Å². The molecular formula is C63H83N5O9. The normalized spacial score (nSPS) is 33.6. The first kappa shape index (κ1) is 56.0. The summed E-state index contributed by atoms with van der Waals surface area (Å²) in [5.74, 6) is -1.91. The number of carbonyl (C=O) groups is 3. The van der Waals surface area contributed by atoms with Crippen LogP contribution >= 0.6 is 0 Å². The number of allylic oxidation sites excluding steroid dienone is 9. The van der Waals surface area contributed by atoms with Crippen molar-refractivity contribution in [2.24, 2.45) is 22.5 Å². The van der Waals surface area contributed by atoms with E-state index in [0.29, 0.717) is 69.5 Å². The fraction of sp³-hybridized carbons (Fsp3) is 0.540. The number of nitrogens with one attached hydrogen (secondary N) is 1. The van der Waals surface area contributed by atoms with Crippen molar-refractivity contribution in [3.05, 3.63) is 130 Å². The molecule has 0 unspecified atom stereocenters. The molecule has 3 fully saturated rings. The molecule has 1 amide bonds. The highest BCUT2D eigenvalue weighted by Gasteiger charge is 2.78. The van der Waals surface area contributed by atoms with Crippen molar-refractivity contribution in [3.63, 3.8) is 0 Å². The maximum atomic E-state index is 15.2. The number of benzene rings is 2. The highest BCUT2D eigenvalue weighted by molar-refractivity contribution is 5.95.